The van der Waals surface area contributed by atoms with Gasteiger partial charge in [-0.1, -0.05) is 0 Å². The lowest BCUT2D eigenvalue weighted by atomic mass is 10.6. The molecule has 6 heteroatoms. The summed E-state index contributed by atoms with van der Waals surface area (Å²) in [7, 11) is 0. The highest BCUT2D eigenvalue weighted by Crippen LogP contribution is 2.07. The summed E-state index contributed by atoms with van der Waals surface area (Å²) in [5, 5.41) is 0. The minimum atomic E-state index is 0.298. The van der Waals surface area contributed by atoms with Gasteiger partial charge in [0.2, 0.25) is 5.58 Å². The molecule has 2 heterocycles. The van der Waals surface area contributed by atoms with Crippen LogP contribution in [0.2, 0.25) is 0 Å². The van der Waals surface area contributed by atoms with Crippen LogP contribution >= 0.6 is 12.2 Å². The van der Waals surface area contributed by atoms with Gasteiger partial charge < -0.3 is 4.42 Å². The summed E-state index contributed by atoms with van der Waals surface area (Å²) in [5.41, 5.74) is 6.51. The highest BCUT2D eigenvalue weighted by Gasteiger charge is 2.05. The molecule has 0 aromatic carbocycles. The fourth-order valence-electron chi connectivity index (χ4n) is 0.805. The highest BCUT2D eigenvalue weighted by molar-refractivity contribution is 7.71. The first-order valence-electron chi connectivity index (χ1n) is 2.93. The molecule has 0 saturated carbocycles. The standard InChI is InChI=1S/C5H4N4OS/c6-4-7-1-2-3(8-4)9-5(11)10-2/h1H,(H3,6,7,8,9,11)/p+1. The third-order valence-electron chi connectivity index (χ3n) is 1.24. The first-order chi connectivity index (χ1) is 5.25. The van der Waals surface area contributed by atoms with Crippen molar-refractivity contribution in [1.82, 2.24) is 9.97 Å². The summed E-state index contributed by atoms with van der Waals surface area (Å²) in [6.45, 7) is 0. The van der Waals surface area contributed by atoms with Crippen molar-refractivity contribution in [2.45, 2.75) is 0 Å². The molecule has 56 valence electrons. The summed E-state index contributed by atoms with van der Waals surface area (Å²) in [4.78, 5) is 9.63. The van der Waals surface area contributed by atoms with Gasteiger partial charge in [0.1, 0.15) is 6.20 Å². The van der Waals surface area contributed by atoms with Crippen LogP contribution < -0.4 is 10.7 Å². The number of nitrogen functional groups attached to an aromatic ring is 1. The smallest absolute Gasteiger partial charge is 0.389 e. The zero-order valence-electron chi connectivity index (χ0n) is 5.42. The predicted molar refractivity (Wildman–Crippen MR) is 40.2 cm³/mol. The molecule has 0 atom stereocenters. The van der Waals surface area contributed by atoms with Crippen LogP contribution in [-0.4, -0.2) is 9.97 Å². The number of nitrogens with two attached hydrogens (primary N) is 1. The first kappa shape index (κ1) is 6.29. The van der Waals surface area contributed by atoms with Gasteiger partial charge >= 0.3 is 5.95 Å². The highest BCUT2D eigenvalue weighted by atomic mass is 32.1. The molecule has 0 aliphatic carbocycles. The van der Waals surface area contributed by atoms with E-state index in [0.717, 1.165) is 0 Å². The molecule has 0 radical (unpaired) electrons. The Morgan fingerprint density at radius 1 is 1.73 bits per heavy atom. The molecule has 0 amide bonds. The molecular weight excluding hydrogens is 164 g/mol. The fourth-order valence-corrected chi connectivity index (χ4v) is 0.992. The maximum atomic E-state index is 5.37. The minimum Gasteiger partial charge on any atom is -0.423 e. The van der Waals surface area contributed by atoms with Crippen LogP contribution in [0.15, 0.2) is 10.6 Å². The van der Waals surface area contributed by atoms with Gasteiger partial charge in [-0.3, -0.25) is 10.7 Å². The number of oxazole rings is 1. The van der Waals surface area contributed by atoms with Crippen molar-refractivity contribution in [2.75, 3.05) is 5.73 Å². The number of aromatic amines is 2. The lowest BCUT2D eigenvalue weighted by molar-refractivity contribution is -0.362. The molecule has 0 saturated heterocycles. The number of rotatable bonds is 0. The second kappa shape index (κ2) is 2.03. The minimum absolute atomic E-state index is 0.298. The van der Waals surface area contributed by atoms with Crippen LogP contribution in [0, 0.1) is 4.84 Å². The van der Waals surface area contributed by atoms with E-state index in [0.29, 0.717) is 22.0 Å². The molecule has 2 rings (SSSR count). The summed E-state index contributed by atoms with van der Waals surface area (Å²) >= 11 is 4.74. The van der Waals surface area contributed by atoms with E-state index >= 15 is 0 Å². The van der Waals surface area contributed by atoms with E-state index in [-0.39, 0.29) is 0 Å². The van der Waals surface area contributed by atoms with E-state index in [9.17, 15) is 0 Å². The van der Waals surface area contributed by atoms with E-state index in [1.54, 1.807) is 6.20 Å². The van der Waals surface area contributed by atoms with Crippen molar-refractivity contribution in [2.24, 2.45) is 0 Å². The SMILES string of the molecule is Nc1nc2[nH]c(=S)oc2c[nH+]1. The Bertz CT molecular complexity index is 445. The second-order valence-electron chi connectivity index (χ2n) is 2.01. The second-order valence-corrected chi connectivity index (χ2v) is 2.38. The van der Waals surface area contributed by atoms with Gasteiger partial charge in [0.15, 0.2) is 0 Å². The summed E-state index contributed by atoms with van der Waals surface area (Å²) in [5.74, 6) is 0.324. The normalized spacial score (nSPS) is 10.5. The molecule has 11 heavy (non-hydrogen) atoms. The number of hydrogen-bond donors (Lipinski definition) is 2. The summed E-state index contributed by atoms with van der Waals surface area (Å²) in [6.07, 6.45) is 1.60. The molecule has 2 aromatic heterocycles. The molecule has 0 aliphatic heterocycles. The van der Waals surface area contributed by atoms with Crippen molar-refractivity contribution in [3.8, 4) is 0 Å². The number of hydrogen-bond acceptors (Lipinski definition) is 4. The topological polar surface area (TPSA) is 82.0 Å². The van der Waals surface area contributed by atoms with Crippen molar-refractivity contribution < 1.29 is 9.40 Å². The van der Waals surface area contributed by atoms with Gasteiger partial charge in [0.05, 0.1) is 0 Å². The molecule has 0 fully saturated rings. The Hall–Kier alpha value is -1.43. The zero-order valence-corrected chi connectivity index (χ0v) is 6.23. The maximum Gasteiger partial charge on any atom is 0.389 e. The molecule has 2 aromatic rings. The summed E-state index contributed by atoms with van der Waals surface area (Å²) in [6, 6.07) is 0. The molecule has 0 bridgehead atoms. The Morgan fingerprint density at radius 3 is 3.36 bits per heavy atom. The lowest BCUT2D eigenvalue weighted by Crippen LogP contribution is -2.11. The summed E-state index contributed by atoms with van der Waals surface area (Å²) < 4.78 is 5.03. The van der Waals surface area contributed by atoms with E-state index < -0.39 is 0 Å². The van der Waals surface area contributed by atoms with Crippen molar-refractivity contribution >= 4 is 29.4 Å². The number of anilines is 1. The average molecular weight is 169 g/mol. The number of aromatic nitrogens is 3. The zero-order chi connectivity index (χ0) is 7.84. The van der Waals surface area contributed by atoms with Crippen LogP contribution in [0.3, 0.4) is 0 Å². The largest absolute Gasteiger partial charge is 0.423 e. The van der Waals surface area contributed by atoms with Crippen LogP contribution in [0.1, 0.15) is 0 Å². The lowest BCUT2D eigenvalue weighted by Gasteiger charge is -1.79. The van der Waals surface area contributed by atoms with E-state index in [1.165, 1.54) is 0 Å². The van der Waals surface area contributed by atoms with Crippen LogP contribution in [-0.2, 0) is 0 Å². The Kier molecular flexibility index (Phi) is 1.16. The van der Waals surface area contributed by atoms with Crippen molar-refractivity contribution in [1.29, 1.82) is 0 Å². The van der Waals surface area contributed by atoms with Gasteiger partial charge in [0.25, 0.3) is 10.5 Å². The predicted octanol–water partition coefficient (Wildman–Crippen LogP) is 0.282. The van der Waals surface area contributed by atoms with Gasteiger partial charge in [0, 0.05) is 0 Å². The van der Waals surface area contributed by atoms with Gasteiger partial charge in [-0.25, -0.2) is 4.98 Å². The van der Waals surface area contributed by atoms with E-state index in [2.05, 4.69) is 15.0 Å². The molecular formula is C5H5N4OS+. The third kappa shape index (κ3) is 0.966. The van der Waals surface area contributed by atoms with Crippen molar-refractivity contribution in [3.05, 3.63) is 11.0 Å². The Labute approximate surface area is 66.3 Å². The monoisotopic (exact) mass is 169 g/mol. The first-order valence-corrected chi connectivity index (χ1v) is 3.33. The van der Waals surface area contributed by atoms with Crippen molar-refractivity contribution in [3.63, 3.8) is 0 Å². The molecule has 5 nitrogen and oxygen atoms in total. The van der Waals surface area contributed by atoms with Gasteiger partial charge in [-0.05, 0) is 17.2 Å². The number of H-pyrrole nitrogens is 2. The molecule has 0 spiro atoms. The number of nitrogens with zero attached hydrogens (tertiary/aromatic N) is 1. The van der Waals surface area contributed by atoms with E-state index in [4.69, 9.17) is 22.4 Å². The van der Waals surface area contributed by atoms with Crippen LogP contribution in [0.5, 0.6) is 0 Å². The maximum absolute atomic E-state index is 5.37. The molecule has 4 N–H and O–H groups in total. The molecule has 0 aliphatic rings. The number of nitrogens with one attached hydrogen (secondary N) is 2. The molecule has 0 unspecified atom stereocenters. The van der Waals surface area contributed by atoms with Gasteiger partial charge in [-0.15, -0.1) is 0 Å². The van der Waals surface area contributed by atoms with Crippen LogP contribution in [0.25, 0.3) is 11.2 Å². The Morgan fingerprint density at radius 2 is 2.55 bits per heavy atom. The van der Waals surface area contributed by atoms with Crippen LogP contribution in [0.4, 0.5) is 5.95 Å². The number of fused-ring (bicyclic) bond motifs is 1. The third-order valence-corrected chi connectivity index (χ3v) is 1.43. The fraction of sp³-hybridized carbons (Fsp3) is 0. The average Bonchev–Trinajstić information content (AvgIpc) is 2.27. The Balaban J connectivity index is 2.92. The van der Waals surface area contributed by atoms with E-state index in [1.807, 2.05) is 0 Å². The quantitative estimate of drug-likeness (QED) is 0.555. The van der Waals surface area contributed by atoms with Gasteiger partial charge in [-0.2, -0.15) is 0 Å².